The molecule has 0 fully saturated rings. The van der Waals surface area contributed by atoms with E-state index in [1.165, 1.54) is 0 Å². The van der Waals surface area contributed by atoms with E-state index < -0.39 is 11.6 Å². The lowest BCUT2D eigenvalue weighted by Crippen LogP contribution is -2.15. The summed E-state index contributed by atoms with van der Waals surface area (Å²) in [5, 5.41) is 3.66. The molecule has 98 valence electrons. The molecule has 5 heteroatoms. The van der Waals surface area contributed by atoms with E-state index >= 15 is 0 Å². The molecule has 1 unspecified atom stereocenters. The molecule has 0 spiro atoms. The number of fused-ring (bicyclic) bond motifs is 1. The summed E-state index contributed by atoms with van der Waals surface area (Å²) in [5.41, 5.74) is -0.0340. The van der Waals surface area contributed by atoms with Crippen molar-refractivity contribution < 1.29 is 13.2 Å². The maximum absolute atomic E-state index is 13.6. The molecule has 0 radical (unpaired) electrons. The Balaban J connectivity index is 2.56. The Morgan fingerprint density at radius 2 is 2.11 bits per heavy atom. The molecule has 0 aliphatic carbocycles. The van der Waals surface area contributed by atoms with Gasteiger partial charge < -0.3 is 9.73 Å². The van der Waals surface area contributed by atoms with Gasteiger partial charge in [0.1, 0.15) is 5.76 Å². The lowest BCUT2D eigenvalue weighted by atomic mass is 10.1. The van der Waals surface area contributed by atoms with Crippen LogP contribution in [0.15, 0.2) is 21.0 Å². The van der Waals surface area contributed by atoms with Crippen LogP contribution in [-0.2, 0) is 0 Å². The molecule has 2 aromatic rings. The number of hydrogen-bond donors (Lipinski definition) is 1. The second kappa shape index (κ2) is 5.36. The number of nitrogens with one attached hydrogen (secondary N) is 1. The largest absolute Gasteiger partial charge is 0.456 e. The van der Waals surface area contributed by atoms with Crippen LogP contribution in [0.3, 0.4) is 0 Å². The van der Waals surface area contributed by atoms with Gasteiger partial charge in [0.05, 0.1) is 6.04 Å². The smallest absolute Gasteiger partial charge is 0.201 e. The Bertz CT molecular complexity index is 568. The highest BCUT2D eigenvalue weighted by molar-refractivity contribution is 9.10. The molecule has 0 saturated carbocycles. The summed E-state index contributed by atoms with van der Waals surface area (Å²) in [6.07, 6.45) is 1.85. The maximum Gasteiger partial charge on any atom is 0.201 e. The van der Waals surface area contributed by atoms with E-state index in [-0.39, 0.29) is 11.6 Å². The lowest BCUT2D eigenvalue weighted by molar-refractivity contribution is 0.417. The second-order valence-corrected chi connectivity index (χ2v) is 5.03. The average molecular weight is 318 g/mol. The van der Waals surface area contributed by atoms with Gasteiger partial charge in [-0.15, -0.1) is 0 Å². The van der Waals surface area contributed by atoms with Gasteiger partial charge in [-0.3, -0.25) is 0 Å². The minimum absolute atomic E-state index is 0.0109. The minimum atomic E-state index is -0.939. The predicted molar refractivity (Wildman–Crippen MR) is 70.5 cm³/mol. The van der Waals surface area contributed by atoms with Gasteiger partial charge in [-0.05, 0) is 41.5 Å². The molecule has 0 aliphatic rings. The predicted octanol–water partition coefficient (Wildman–Crippen LogP) is 4.53. The van der Waals surface area contributed by atoms with Gasteiger partial charge in [0.15, 0.2) is 11.4 Å². The topological polar surface area (TPSA) is 25.2 Å². The molecular weight excluding hydrogens is 304 g/mol. The highest BCUT2D eigenvalue weighted by Crippen LogP contribution is 2.33. The normalized spacial score (nSPS) is 13.2. The molecule has 0 amide bonds. The van der Waals surface area contributed by atoms with E-state index in [2.05, 4.69) is 28.2 Å². The molecule has 18 heavy (non-hydrogen) atoms. The summed E-state index contributed by atoms with van der Waals surface area (Å²) < 4.78 is 32.9. The van der Waals surface area contributed by atoms with Crippen molar-refractivity contribution in [2.24, 2.45) is 0 Å². The van der Waals surface area contributed by atoms with Crippen molar-refractivity contribution in [3.8, 4) is 0 Å². The molecule has 1 aromatic heterocycles. The van der Waals surface area contributed by atoms with E-state index in [1.807, 2.05) is 7.05 Å². The first-order chi connectivity index (χ1) is 8.58. The summed E-state index contributed by atoms with van der Waals surface area (Å²) in [4.78, 5) is 0. The molecule has 0 aliphatic heterocycles. The number of rotatable bonds is 4. The van der Waals surface area contributed by atoms with E-state index in [4.69, 9.17) is 4.42 Å². The first-order valence-corrected chi connectivity index (χ1v) is 6.62. The summed E-state index contributed by atoms with van der Waals surface area (Å²) in [7, 11) is 1.82. The van der Waals surface area contributed by atoms with Gasteiger partial charge in [0.2, 0.25) is 5.82 Å². The van der Waals surface area contributed by atoms with Gasteiger partial charge in [-0.2, -0.15) is 4.39 Å². The Kier molecular flexibility index (Phi) is 4.02. The van der Waals surface area contributed by atoms with Gasteiger partial charge >= 0.3 is 0 Å². The molecule has 1 heterocycles. The van der Waals surface area contributed by atoms with E-state index in [0.717, 1.165) is 18.9 Å². The number of benzene rings is 1. The molecule has 2 nitrogen and oxygen atoms in total. The van der Waals surface area contributed by atoms with E-state index in [9.17, 15) is 8.78 Å². The Morgan fingerprint density at radius 1 is 1.39 bits per heavy atom. The number of hydrogen-bond acceptors (Lipinski definition) is 2. The van der Waals surface area contributed by atoms with E-state index in [1.54, 1.807) is 6.07 Å². The average Bonchev–Trinajstić information content (AvgIpc) is 2.78. The first kappa shape index (κ1) is 13.5. The van der Waals surface area contributed by atoms with Crippen molar-refractivity contribution in [1.29, 1.82) is 0 Å². The van der Waals surface area contributed by atoms with Crippen LogP contribution in [0, 0.1) is 11.6 Å². The third-order valence-electron chi connectivity index (χ3n) is 2.94. The van der Waals surface area contributed by atoms with Crippen molar-refractivity contribution in [1.82, 2.24) is 5.32 Å². The zero-order chi connectivity index (χ0) is 13.3. The fourth-order valence-electron chi connectivity index (χ4n) is 2.00. The molecule has 1 atom stereocenters. The quantitative estimate of drug-likeness (QED) is 0.838. The van der Waals surface area contributed by atoms with Crippen LogP contribution < -0.4 is 5.32 Å². The summed E-state index contributed by atoms with van der Waals surface area (Å²) in [6.45, 7) is 2.06. The molecule has 1 N–H and O–H groups in total. The van der Waals surface area contributed by atoms with Crippen LogP contribution in [0.4, 0.5) is 8.78 Å². The molecule has 0 bridgehead atoms. The zero-order valence-electron chi connectivity index (χ0n) is 10.2. The van der Waals surface area contributed by atoms with Gasteiger partial charge in [0, 0.05) is 9.86 Å². The first-order valence-electron chi connectivity index (χ1n) is 5.82. The van der Waals surface area contributed by atoms with Crippen LogP contribution in [0.1, 0.15) is 31.6 Å². The fourth-order valence-corrected chi connectivity index (χ4v) is 2.50. The Labute approximate surface area is 112 Å². The second-order valence-electron chi connectivity index (χ2n) is 4.18. The summed E-state index contributed by atoms with van der Waals surface area (Å²) in [5.74, 6) is -1.22. The standard InChI is InChI=1S/C13H14BrF2NO/c1-3-4-10(17-2)11-5-7-8(14)6-9(15)12(16)13(7)18-11/h5-6,10,17H,3-4H2,1-2H3. The van der Waals surface area contributed by atoms with Gasteiger partial charge in [-0.1, -0.05) is 13.3 Å². The van der Waals surface area contributed by atoms with Gasteiger partial charge in [-0.25, -0.2) is 4.39 Å². The molecule has 0 saturated heterocycles. The number of furan rings is 1. The van der Waals surface area contributed by atoms with Crippen LogP contribution in [0.25, 0.3) is 11.0 Å². The number of halogens is 3. The lowest BCUT2D eigenvalue weighted by Gasteiger charge is -2.11. The monoisotopic (exact) mass is 317 g/mol. The molecule has 2 rings (SSSR count). The van der Waals surface area contributed by atoms with Gasteiger partial charge in [0.25, 0.3) is 0 Å². The summed E-state index contributed by atoms with van der Waals surface area (Å²) >= 11 is 3.22. The summed E-state index contributed by atoms with van der Waals surface area (Å²) in [6, 6.07) is 2.88. The van der Waals surface area contributed by atoms with Crippen molar-refractivity contribution in [2.75, 3.05) is 7.05 Å². The van der Waals surface area contributed by atoms with E-state index in [0.29, 0.717) is 15.6 Å². The Hall–Kier alpha value is -0.940. The third kappa shape index (κ3) is 2.29. The van der Waals surface area contributed by atoms with Crippen LogP contribution >= 0.6 is 15.9 Å². The SMILES string of the molecule is CCCC(NC)c1cc2c(Br)cc(F)c(F)c2o1. The highest BCUT2D eigenvalue weighted by Gasteiger charge is 2.19. The third-order valence-corrected chi connectivity index (χ3v) is 3.60. The van der Waals surface area contributed by atoms with Crippen LogP contribution in [-0.4, -0.2) is 7.05 Å². The van der Waals surface area contributed by atoms with Crippen LogP contribution in [0.2, 0.25) is 0 Å². The van der Waals surface area contributed by atoms with Crippen molar-refractivity contribution in [3.05, 3.63) is 34.0 Å². The van der Waals surface area contributed by atoms with Crippen LogP contribution in [0.5, 0.6) is 0 Å². The fraction of sp³-hybridized carbons (Fsp3) is 0.385. The molecular formula is C13H14BrF2NO. The zero-order valence-corrected chi connectivity index (χ0v) is 11.8. The minimum Gasteiger partial charge on any atom is -0.456 e. The molecule has 1 aromatic carbocycles. The van der Waals surface area contributed by atoms with Crippen molar-refractivity contribution in [2.45, 2.75) is 25.8 Å². The highest BCUT2D eigenvalue weighted by atomic mass is 79.9. The van der Waals surface area contributed by atoms with Crippen molar-refractivity contribution in [3.63, 3.8) is 0 Å². The Morgan fingerprint density at radius 3 is 2.72 bits per heavy atom. The van der Waals surface area contributed by atoms with Crippen molar-refractivity contribution >= 4 is 26.9 Å². The maximum atomic E-state index is 13.6.